The number of Topliss-reactive ketones (excluding diaryl/α,β-unsaturated/α-hetero) is 1. The van der Waals surface area contributed by atoms with Crippen LogP contribution in [0.2, 0.25) is 0 Å². The molecule has 7 nitrogen and oxygen atoms in total. The van der Waals surface area contributed by atoms with Crippen molar-refractivity contribution in [3.63, 3.8) is 0 Å². The van der Waals surface area contributed by atoms with Crippen molar-refractivity contribution in [1.82, 2.24) is 0 Å². The number of aliphatic hydroxyl groups excluding tert-OH is 4. The van der Waals surface area contributed by atoms with Crippen LogP contribution in [0.1, 0.15) is 65.2 Å². The van der Waals surface area contributed by atoms with Crippen molar-refractivity contribution in [2.24, 2.45) is 28.6 Å². The third-order valence-electron chi connectivity index (χ3n) is 9.94. The van der Waals surface area contributed by atoms with E-state index in [9.17, 15) is 25.2 Å². The van der Waals surface area contributed by atoms with Crippen LogP contribution < -0.4 is 0 Å². The Bertz CT molecular complexity index is 780. The minimum Gasteiger partial charge on any atom is -0.394 e. The number of aliphatic hydroxyl groups is 4. The second kappa shape index (κ2) is 8.14. The van der Waals surface area contributed by atoms with Gasteiger partial charge in [0.1, 0.15) is 30.2 Å². The van der Waals surface area contributed by atoms with Crippen LogP contribution >= 0.6 is 0 Å². The SMILES string of the molecule is C[C@]12CC[C@H](OC3OC(CO)C(O)C(O)C3O)CC1=CCC1C2CC[C@]2(C)C(=O)CCC12. The van der Waals surface area contributed by atoms with E-state index in [-0.39, 0.29) is 16.9 Å². The van der Waals surface area contributed by atoms with Gasteiger partial charge >= 0.3 is 0 Å². The van der Waals surface area contributed by atoms with Crippen LogP contribution in [0.3, 0.4) is 0 Å². The lowest BCUT2D eigenvalue weighted by atomic mass is 9.48. The van der Waals surface area contributed by atoms with E-state index < -0.39 is 37.3 Å². The molecule has 1 heterocycles. The van der Waals surface area contributed by atoms with Crippen molar-refractivity contribution in [3.05, 3.63) is 11.6 Å². The number of fused-ring (bicyclic) bond motifs is 5. The molecule has 1 saturated heterocycles. The number of ketones is 1. The van der Waals surface area contributed by atoms with Gasteiger partial charge in [0.15, 0.2) is 6.29 Å². The van der Waals surface area contributed by atoms with Gasteiger partial charge in [-0.3, -0.25) is 4.79 Å². The molecule has 0 spiro atoms. The first-order valence-electron chi connectivity index (χ1n) is 12.4. The van der Waals surface area contributed by atoms with Crippen molar-refractivity contribution in [3.8, 4) is 0 Å². The molecule has 7 heteroatoms. The Morgan fingerprint density at radius 3 is 2.50 bits per heavy atom. The summed E-state index contributed by atoms with van der Waals surface area (Å²) in [5.74, 6) is 2.15. The highest BCUT2D eigenvalue weighted by atomic mass is 16.7. The lowest BCUT2D eigenvalue weighted by Crippen LogP contribution is -2.60. The third-order valence-corrected chi connectivity index (χ3v) is 9.94. The molecule has 11 atom stereocenters. The Hall–Kier alpha value is -0.830. The highest BCUT2D eigenvalue weighted by Crippen LogP contribution is 2.64. The third kappa shape index (κ3) is 3.35. The fraction of sp³-hybridized carbons (Fsp3) is 0.880. The minimum absolute atomic E-state index is 0.116. The summed E-state index contributed by atoms with van der Waals surface area (Å²) in [6.45, 7) is 4.14. The van der Waals surface area contributed by atoms with E-state index in [0.717, 1.165) is 51.4 Å². The van der Waals surface area contributed by atoms with E-state index in [1.807, 2.05) is 0 Å². The number of rotatable bonds is 3. The van der Waals surface area contributed by atoms with Crippen LogP contribution in [-0.2, 0) is 14.3 Å². The van der Waals surface area contributed by atoms with Crippen molar-refractivity contribution in [2.45, 2.75) is 102 Å². The molecule has 8 unspecified atom stereocenters. The Morgan fingerprint density at radius 2 is 1.75 bits per heavy atom. The Balaban J connectivity index is 1.29. The maximum absolute atomic E-state index is 12.6. The van der Waals surface area contributed by atoms with Gasteiger partial charge in [-0.1, -0.05) is 25.5 Å². The summed E-state index contributed by atoms with van der Waals surface area (Å²) in [5, 5.41) is 39.8. The second-order valence-electron chi connectivity index (χ2n) is 11.4. The molecule has 180 valence electrons. The molecular formula is C25H38O7. The van der Waals surface area contributed by atoms with E-state index in [1.165, 1.54) is 5.57 Å². The second-order valence-corrected chi connectivity index (χ2v) is 11.4. The van der Waals surface area contributed by atoms with Crippen molar-refractivity contribution in [2.75, 3.05) is 6.61 Å². The highest BCUT2D eigenvalue weighted by molar-refractivity contribution is 5.87. The first kappa shape index (κ1) is 22.9. The standard InChI is InChI=1S/C25H38O7/c1-24-9-7-14(31-23-22(30)21(29)20(28)18(12-26)32-23)11-13(24)3-4-15-16-5-6-19(27)25(16,2)10-8-17(15)24/h3,14-18,20-23,26,28-30H,4-12H2,1-2H3/t14-,15?,16?,17?,18?,20?,21?,22?,23?,24-,25-/m0/s1. The maximum Gasteiger partial charge on any atom is 0.186 e. The molecule has 0 radical (unpaired) electrons. The maximum atomic E-state index is 12.6. The molecule has 4 N–H and O–H groups in total. The van der Waals surface area contributed by atoms with Crippen LogP contribution in [-0.4, -0.2) is 69.6 Å². The first-order chi connectivity index (χ1) is 15.2. The van der Waals surface area contributed by atoms with E-state index >= 15 is 0 Å². The summed E-state index contributed by atoms with van der Waals surface area (Å²) in [6, 6.07) is 0. The molecule has 4 aliphatic carbocycles. The van der Waals surface area contributed by atoms with Gasteiger partial charge in [0.2, 0.25) is 0 Å². The molecule has 0 aromatic heterocycles. The van der Waals surface area contributed by atoms with Crippen LogP contribution in [0, 0.1) is 28.6 Å². The molecule has 3 saturated carbocycles. The van der Waals surface area contributed by atoms with Crippen molar-refractivity contribution in [1.29, 1.82) is 0 Å². The molecule has 5 rings (SSSR count). The molecule has 0 aromatic rings. The first-order valence-corrected chi connectivity index (χ1v) is 12.4. The Kier molecular flexibility index (Phi) is 5.83. The molecule has 0 amide bonds. The lowest BCUT2D eigenvalue weighted by molar-refractivity contribution is -0.313. The van der Waals surface area contributed by atoms with Gasteiger partial charge in [-0.25, -0.2) is 0 Å². The molecule has 0 aromatic carbocycles. The fourth-order valence-corrected chi connectivity index (χ4v) is 7.88. The Morgan fingerprint density at radius 1 is 1.03 bits per heavy atom. The average Bonchev–Trinajstić information content (AvgIpc) is 3.09. The summed E-state index contributed by atoms with van der Waals surface area (Å²) in [5.41, 5.74) is 1.41. The zero-order valence-electron chi connectivity index (χ0n) is 19.2. The van der Waals surface area contributed by atoms with Gasteiger partial charge in [0, 0.05) is 11.8 Å². The van der Waals surface area contributed by atoms with Gasteiger partial charge in [-0.15, -0.1) is 0 Å². The smallest absolute Gasteiger partial charge is 0.186 e. The van der Waals surface area contributed by atoms with Crippen LogP contribution in [0.4, 0.5) is 0 Å². The number of hydrogen-bond acceptors (Lipinski definition) is 7. The zero-order valence-corrected chi connectivity index (χ0v) is 19.2. The normalized spacial score (nSPS) is 53.2. The van der Waals surface area contributed by atoms with Crippen molar-refractivity contribution < 1.29 is 34.7 Å². The van der Waals surface area contributed by atoms with Gasteiger partial charge in [0.25, 0.3) is 0 Å². The van der Waals surface area contributed by atoms with Gasteiger partial charge in [0.05, 0.1) is 12.7 Å². The van der Waals surface area contributed by atoms with Crippen LogP contribution in [0.15, 0.2) is 11.6 Å². The molecular weight excluding hydrogens is 412 g/mol. The number of carbonyl (C=O) groups is 1. The summed E-state index contributed by atoms with van der Waals surface area (Å²) in [4.78, 5) is 12.6. The van der Waals surface area contributed by atoms with E-state index in [1.54, 1.807) is 0 Å². The van der Waals surface area contributed by atoms with Crippen LogP contribution in [0.5, 0.6) is 0 Å². The number of carbonyl (C=O) groups excluding carboxylic acids is 1. The van der Waals surface area contributed by atoms with E-state index in [4.69, 9.17) is 9.47 Å². The fourth-order valence-electron chi connectivity index (χ4n) is 7.88. The molecule has 5 aliphatic rings. The lowest BCUT2D eigenvalue weighted by Gasteiger charge is -2.57. The average molecular weight is 451 g/mol. The number of ether oxygens (including phenoxy) is 2. The van der Waals surface area contributed by atoms with Gasteiger partial charge < -0.3 is 29.9 Å². The quantitative estimate of drug-likeness (QED) is 0.484. The predicted molar refractivity (Wildman–Crippen MR) is 115 cm³/mol. The summed E-state index contributed by atoms with van der Waals surface area (Å²) < 4.78 is 11.7. The Labute approximate surface area is 189 Å². The number of hydrogen-bond donors (Lipinski definition) is 4. The molecule has 4 fully saturated rings. The highest BCUT2D eigenvalue weighted by Gasteiger charge is 2.58. The molecule has 32 heavy (non-hydrogen) atoms. The zero-order chi connectivity index (χ0) is 22.8. The summed E-state index contributed by atoms with van der Waals surface area (Å²) in [6.07, 6.45) is 3.56. The van der Waals surface area contributed by atoms with Crippen molar-refractivity contribution >= 4 is 5.78 Å². The monoisotopic (exact) mass is 450 g/mol. The largest absolute Gasteiger partial charge is 0.394 e. The summed E-state index contributed by atoms with van der Waals surface area (Å²) in [7, 11) is 0. The molecule has 1 aliphatic heterocycles. The van der Waals surface area contributed by atoms with E-state index in [2.05, 4.69) is 19.9 Å². The minimum atomic E-state index is -1.42. The van der Waals surface area contributed by atoms with Gasteiger partial charge in [-0.05, 0) is 68.1 Å². The summed E-state index contributed by atoms with van der Waals surface area (Å²) >= 11 is 0. The predicted octanol–water partition coefficient (Wildman–Crippen LogP) is 1.70. The topological polar surface area (TPSA) is 116 Å². The van der Waals surface area contributed by atoms with Crippen LogP contribution in [0.25, 0.3) is 0 Å². The number of allylic oxidation sites excluding steroid dienone is 1. The molecule has 0 bridgehead atoms. The van der Waals surface area contributed by atoms with Gasteiger partial charge in [-0.2, -0.15) is 0 Å². The van der Waals surface area contributed by atoms with E-state index in [0.29, 0.717) is 23.5 Å².